The number of aliphatic carboxylic acids is 1. The molecule has 0 fully saturated rings. The van der Waals surface area contributed by atoms with Crippen LogP contribution in [0.4, 0.5) is 9.59 Å². The van der Waals surface area contributed by atoms with Crippen LogP contribution in [-0.2, 0) is 20.8 Å². The molecular weight excluding hydrogens is 330 g/mol. The summed E-state index contributed by atoms with van der Waals surface area (Å²) in [5.74, 6) is -1.38. The van der Waals surface area contributed by atoms with E-state index >= 15 is 0 Å². The highest BCUT2D eigenvalue weighted by Crippen LogP contribution is 2.18. The Morgan fingerprint density at radius 3 is 1.88 bits per heavy atom. The standard InChI is InChI=1S/C16H25N3O6/c1-15(2,3)24-13(22)19(14(23)25-16(4,5)6)11(12(20)21)10-18-9-7-8-17-18/h7-9,11H,10H2,1-6H3,(H,20,21). The molecule has 0 bridgehead atoms. The number of ether oxygens (including phenoxy) is 2. The van der Waals surface area contributed by atoms with Crippen LogP contribution in [0.1, 0.15) is 41.5 Å². The maximum Gasteiger partial charge on any atom is 0.420 e. The normalized spacial score (nSPS) is 13.0. The van der Waals surface area contributed by atoms with Crippen molar-refractivity contribution in [2.75, 3.05) is 0 Å². The number of aromatic nitrogens is 2. The number of carbonyl (C=O) groups is 3. The van der Waals surface area contributed by atoms with E-state index in [1.54, 1.807) is 47.6 Å². The van der Waals surface area contributed by atoms with Crippen LogP contribution in [0, 0.1) is 0 Å². The minimum absolute atomic E-state index is 0.235. The summed E-state index contributed by atoms with van der Waals surface area (Å²) in [6.45, 7) is 9.44. The quantitative estimate of drug-likeness (QED) is 0.883. The monoisotopic (exact) mass is 355 g/mol. The first-order valence-electron chi connectivity index (χ1n) is 7.75. The Morgan fingerprint density at radius 2 is 1.56 bits per heavy atom. The van der Waals surface area contributed by atoms with Crippen molar-refractivity contribution in [1.29, 1.82) is 0 Å². The van der Waals surface area contributed by atoms with Crippen molar-refractivity contribution in [3.63, 3.8) is 0 Å². The lowest BCUT2D eigenvalue weighted by atomic mass is 10.2. The molecule has 1 aromatic heterocycles. The molecule has 0 spiro atoms. The van der Waals surface area contributed by atoms with E-state index in [4.69, 9.17) is 9.47 Å². The number of hydrogen-bond donors (Lipinski definition) is 1. The van der Waals surface area contributed by atoms with Gasteiger partial charge in [0.25, 0.3) is 0 Å². The van der Waals surface area contributed by atoms with Gasteiger partial charge < -0.3 is 14.6 Å². The molecule has 0 radical (unpaired) electrons. The zero-order chi connectivity index (χ0) is 19.4. The van der Waals surface area contributed by atoms with Crippen LogP contribution in [0.2, 0.25) is 0 Å². The second kappa shape index (κ2) is 7.54. The molecule has 1 aromatic rings. The molecule has 0 aliphatic heterocycles. The number of imide groups is 1. The van der Waals surface area contributed by atoms with Gasteiger partial charge in [-0.15, -0.1) is 0 Å². The maximum atomic E-state index is 12.5. The van der Waals surface area contributed by atoms with Gasteiger partial charge in [-0.25, -0.2) is 14.4 Å². The predicted molar refractivity (Wildman–Crippen MR) is 88.0 cm³/mol. The molecule has 1 unspecified atom stereocenters. The SMILES string of the molecule is CC(C)(C)OC(=O)N(C(=O)OC(C)(C)C)C(Cn1cccn1)C(=O)O. The van der Waals surface area contributed by atoms with Gasteiger partial charge in [0, 0.05) is 12.4 Å². The number of carboxylic acids is 1. The highest BCUT2D eigenvalue weighted by molar-refractivity contribution is 5.93. The van der Waals surface area contributed by atoms with Crippen molar-refractivity contribution in [3.05, 3.63) is 18.5 Å². The number of nitrogens with zero attached hydrogens (tertiary/aromatic N) is 3. The average molecular weight is 355 g/mol. The van der Waals surface area contributed by atoms with Crippen molar-refractivity contribution < 1.29 is 29.0 Å². The zero-order valence-electron chi connectivity index (χ0n) is 15.3. The van der Waals surface area contributed by atoms with Crippen LogP contribution < -0.4 is 0 Å². The van der Waals surface area contributed by atoms with Gasteiger partial charge in [-0.1, -0.05) is 0 Å². The van der Waals surface area contributed by atoms with Crippen LogP contribution in [0.25, 0.3) is 0 Å². The maximum absolute atomic E-state index is 12.5. The summed E-state index contributed by atoms with van der Waals surface area (Å²) >= 11 is 0. The van der Waals surface area contributed by atoms with Crippen LogP contribution >= 0.6 is 0 Å². The fourth-order valence-corrected chi connectivity index (χ4v) is 1.81. The largest absolute Gasteiger partial charge is 0.480 e. The lowest BCUT2D eigenvalue weighted by Crippen LogP contribution is -2.53. The number of hydrogen-bond acceptors (Lipinski definition) is 6. The molecule has 0 aliphatic carbocycles. The molecule has 25 heavy (non-hydrogen) atoms. The molecule has 0 aliphatic rings. The molecule has 1 heterocycles. The van der Waals surface area contributed by atoms with E-state index in [1.807, 2.05) is 0 Å². The van der Waals surface area contributed by atoms with Crippen molar-refractivity contribution in [1.82, 2.24) is 14.7 Å². The first-order valence-corrected chi connectivity index (χ1v) is 7.75. The lowest BCUT2D eigenvalue weighted by molar-refractivity contribution is -0.143. The van der Waals surface area contributed by atoms with E-state index in [0.29, 0.717) is 4.90 Å². The van der Waals surface area contributed by atoms with E-state index in [9.17, 15) is 19.5 Å². The summed E-state index contributed by atoms with van der Waals surface area (Å²) in [7, 11) is 0. The number of amides is 2. The van der Waals surface area contributed by atoms with Gasteiger partial charge in [0.1, 0.15) is 11.2 Å². The third kappa shape index (κ3) is 6.82. The third-order valence-electron chi connectivity index (χ3n) is 2.70. The van der Waals surface area contributed by atoms with E-state index in [2.05, 4.69) is 5.10 Å². The summed E-state index contributed by atoms with van der Waals surface area (Å²) in [5, 5.41) is 13.4. The van der Waals surface area contributed by atoms with Crippen LogP contribution in [0.3, 0.4) is 0 Å². The fraction of sp³-hybridized carbons (Fsp3) is 0.625. The van der Waals surface area contributed by atoms with Crippen LogP contribution in [-0.4, -0.2) is 55.2 Å². The second-order valence-corrected chi connectivity index (χ2v) is 7.41. The Bertz CT molecular complexity index is 585. The molecule has 0 saturated carbocycles. The van der Waals surface area contributed by atoms with Gasteiger partial charge in [0.2, 0.25) is 0 Å². The zero-order valence-corrected chi connectivity index (χ0v) is 15.3. The van der Waals surface area contributed by atoms with Crippen molar-refractivity contribution in [2.45, 2.75) is 65.3 Å². The Kier molecular flexibility index (Phi) is 6.17. The topological polar surface area (TPSA) is 111 Å². The molecule has 140 valence electrons. The molecule has 9 heteroatoms. The Labute approximate surface area is 146 Å². The Balaban J connectivity index is 3.18. The van der Waals surface area contributed by atoms with Gasteiger partial charge in [-0.05, 0) is 47.6 Å². The summed E-state index contributed by atoms with van der Waals surface area (Å²) in [6.07, 6.45) is 0.797. The molecule has 9 nitrogen and oxygen atoms in total. The summed E-state index contributed by atoms with van der Waals surface area (Å²) in [6, 6.07) is 0.0640. The van der Waals surface area contributed by atoms with Gasteiger partial charge in [-0.3, -0.25) is 4.68 Å². The average Bonchev–Trinajstić information content (AvgIpc) is 2.86. The molecular formula is C16H25N3O6. The number of rotatable bonds is 4. The van der Waals surface area contributed by atoms with Crippen molar-refractivity contribution >= 4 is 18.2 Å². The minimum Gasteiger partial charge on any atom is -0.480 e. The molecule has 2 amide bonds. The first-order chi connectivity index (χ1) is 11.3. The smallest absolute Gasteiger partial charge is 0.420 e. The van der Waals surface area contributed by atoms with Crippen molar-refractivity contribution in [2.24, 2.45) is 0 Å². The van der Waals surface area contributed by atoms with E-state index in [-0.39, 0.29) is 6.54 Å². The molecule has 1 rings (SSSR count). The third-order valence-corrected chi connectivity index (χ3v) is 2.70. The van der Waals surface area contributed by atoms with Gasteiger partial charge in [0.15, 0.2) is 6.04 Å². The first kappa shape index (κ1) is 20.5. The van der Waals surface area contributed by atoms with Crippen molar-refractivity contribution in [3.8, 4) is 0 Å². The van der Waals surface area contributed by atoms with Gasteiger partial charge >= 0.3 is 18.2 Å². The molecule has 0 saturated heterocycles. The molecule has 1 atom stereocenters. The van der Waals surface area contributed by atoms with Gasteiger partial charge in [-0.2, -0.15) is 10.00 Å². The lowest BCUT2D eigenvalue weighted by Gasteiger charge is -2.31. The highest BCUT2D eigenvalue weighted by atomic mass is 16.6. The van der Waals surface area contributed by atoms with E-state index in [0.717, 1.165) is 0 Å². The van der Waals surface area contributed by atoms with Gasteiger partial charge in [0.05, 0.1) is 6.54 Å². The summed E-state index contributed by atoms with van der Waals surface area (Å²) in [4.78, 5) is 37.1. The number of carbonyl (C=O) groups excluding carboxylic acids is 2. The Hall–Kier alpha value is -2.58. The van der Waals surface area contributed by atoms with Crippen LogP contribution in [0.5, 0.6) is 0 Å². The van der Waals surface area contributed by atoms with Crippen LogP contribution in [0.15, 0.2) is 18.5 Å². The minimum atomic E-state index is -1.54. The summed E-state index contributed by atoms with van der Waals surface area (Å²) in [5.41, 5.74) is -1.82. The molecule has 1 N–H and O–H groups in total. The molecule has 0 aromatic carbocycles. The summed E-state index contributed by atoms with van der Waals surface area (Å²) < 4.78 is 11.7. The highest BCUT2D eigenvalue weighted by Gasteiger charge is 2.40. The van der Waals surface area contributed by atoms with E-state index in [1.165, 1.54) is 17.1 Å². The Morgan fingerprint density at radius 1 is 1.08 bits per heavy atom. The fourth-order valence-electron chi connectivity index (χ4n) is 1.81. The predicted octanol–water partition coefficient (Wildman–Crippen LogP) is 2.51. The number of carboxylic acid groups (broad SMARTS) is 1. The van der Waals surface area contributed by atoms with E-state index < -0.39 is 35.4 Å². The second-order valence-electron chi connectivity index (χ2n) is 7.41.